The van der Waals surface area contributed by atoms with Crippen molar-refractivity contribution in [3.63, 3.8) is 0 Å². The highest BCUT2D eigenvalue weighted by molar-refractivity contribution is 7.80. The third kappa shape index (κ3) is 4.64. The predicted molar refractivity (Wildman–Crippen MR) is 103 cm³/mol. The number of aryl methyl sites for hydroxylation is 2. The Balaban J connectivity index is 1.62. The van der Waals surface area contributed by atoms with E-state index in [0.717, 1.165) is 22.5 Å². The van der Waals surface area contributed by atoms with Gasteiger partial charge < -0.3 is 10.6 Å². The van der Waals surface area contributed by atoms with Crippen molar-refractivity contribution in [3.8, 4) is 0 Å². The van der Waals surface area contributed by atoms with E-state index in [9.17, 15) is 4.39 Å². The molecule has 3 rings (SSSR count). The van der Waals surface area contributed by atoms with Crippen LogP contribution in [0, 0.1) is 19.7 Å². The molecule has 0 unspecified atom stereocenters. The monoisotopic (exact) mass is 354 g/mol. The van der Waals surface area contributed by atoms with Gasteiger partial charge in [-0.15, -0.1) is 0 Å². The van der Waals surface area contributed by atoms with Gasteiger partial charge in [-0.1, -0.05) is 24.3 Å². The van der Waals surface area contributed by atoms with Gasteiger partial charge in [0, 0.05) is 11.9 Å². The Morgan fingerprint density at radius 3 is 2.80 bits per heavy atom. The number of nitrogens with one attached hydrogen (secondary N) is 2. The molecule has 2 aromatic carbocycles. The fourth-order valence-electron chi connectivity index (χ4n) is 2.49. The summed E-state index contributed by atoms with van der Waals surface area (Å²) in [6.45, 7) is 4.57. The SMILES string of the molecule is Cc1ccc(C)c(NC(=S)Nc2cnn(Cc3cccc(F)c3)c2)c1. The standard InChI is InChI=1S/C19H19FN4S/c1-13-6-7-14(2)18(8-13)23-19(25)22-17-10-21-24(12-17)11-15-4-3-5-16(20)9-15/h3-10,12H,11H2,1-2H3,(H2,22,23,25). The number of hydrogen-bond donors (Lipinski definition) is 2. The lowest BCUT2D eigenvalue weighted by Gasteiger charge is -2.12. The number of thiocarbonyl (C=S) groups is 1. The van der Waals surface area contributed by atoms with Crippen LogP contribution in [0.5, 0.6) is 0 Å². The van der Waals surface area contributed by atoms with E-state index in [1.807, 2.05) is 26.1 Å². The first-order valence-corrected chi connectivity index (χ1v) is 8.32. The number of halogens is 1. The molecular weight excluding hydrogens is 335 g/mol. The van der Waals surface area contributed by atoms with Crippen LogP contribution >= 0.6 is 12.2 Å². The number of anilines is 2. The van der Waals surface area contributed by atoms with E-state index in [0.29, 0.717) is 11.7 Å². The minimum absolute atomic E-state index is 0.248. The number of rotatable bonds is 4. The number of hydrogen-bond acceptors (Lipinski definition) is 2. The third-order valence-electron chi connectivity index (χ3n) is 3.77. The van der Waals surface area contributed by atoms with Crippen LogP contribution in [-0.2, 0) is 6.54 Å². The first-order valence-electron chi connectivity index (χ1n) is 7.92. The molecule has 0 saturated carbocycles. The molecule has 0 saturated heterocycles. The summed E-state index contributed by atoms with van der Waals surface area (Å²) in [5.74, 6) is -0.248. The fraction of sp³-hybridized carbons (Fsp3) is 0.158. The Hall–Kier alpha value is -2.73. The van der Waals surface area contributed by atoms with Gasteiger partial charge in [-0.25, -0.2) is 4.39 Å². The van der Waals surface area contributed by atoms with E-state index >= 15 is 0 Å². The number of nitrogens with zero attached hydrogens (tertiary/aromatic N) is 2. The van der Waals surface area contributed by atoms with Crippen LogP contribution in [0.1, 0.15) is 16.7 Å². The molecule has 25 heavy (non-hydrogen) atoms. The van der Waals surface area contributed by atoms with Gasteiger partial charge in [0.2, 0.25) is 0 Å². The normalized spacial score (nSPS) is 10.5. The zero-order valence-corrected chi connectivity index (χ0v) is 14.9. The van der Waals surface area contributed by atoms with E-state index in [-0.39, 0.29) is 5.82 Å². The van der Waals surface area contributed by atoms with E-state index < -0.39 is 0 Å². The van der Waals surface area contributed by atoms with Crippen LogP contribution in [0.25, 0.3) is 0 Å². The maximum Gasteiger partial charge on any atom is 0.175 e. The largest absolute Gasteiger partial charge is 0.332 e. The lowest BCUT2D eigenvalue weighted by atomic mass is 10.1. The molecule has 1 heterocycles. The van der Waals surface area contributed by atoms with E-state index in [1.165, 1.54) is 17.7 Å². The highest BCUT2D eigenvalue weighted by Crippen LogP contribution is 2.17. The Bertz CT molecular complexity index is 904. The second kappa shape index (κ2) is 7.44. The van der Waals surface area contributed by atoms with Gasteiger partial charge in [-0.05, 0) is 61.0 Å². The Morgan fingerprint density at radius 2 is 2.00 bits per heavy atom. The molecule has 3 aromatic rings. The molecule has 0 fully saturated rings. The quantitative estimate of drug-likeness (QED) is 0.677. The average molecular weight is 354 g/mol. The predicted octanol–water partition coefficient (Wildman–Crippen LogP) is 4.50. The van der Waals surface area contributed by atoms with Crippen LogP contribution in [0.4, 0.5) is 15.8 Å². The summed E-state index contributed by atoms with van der Waals surface area (Å²) in [5, 5.41) is 11.1. The summed E-state index contributed by atoms with van der Waals surface area (Å²) in [6, 6.07) is 12.7. The van der Waals surface area contributed by atoms with Gasteiger partial charge in [0.05, 0.1) is 18.4 Å². The second-order valence-corrected chi connectivity index (χ2v) is 6.36. The summed E-state index contributed by atoms with van der Waals surface area (Å²) in [7, 11) is 0. The Morgan fingerprint density at radius 1 is 1.16 bits per heavy atom. The fourth-order valence-corrected chi connectivity index (χ4v) is 2.72. The molecular formula is C19H19FN4S. The molecule has 1 aromatic heterocycles. The van der Waals surface area contributed by atoms with Crippen LogP contribution in [0.15, 0.2) is 54.9 Å². The van der Waals surface area contributed by atoms with Crippen molar-refractivity contribution < 1.29 is 4.39 Å². The highest BCUT2D eigenvalue weighted by atomic mass is 32.1. The van der Waals surface area contributed by atoms with Gasteiger partial charge in [-0.2, -0.15) is 5.10 Å². The van der Waals surface area contributed by atoms with Crippen molar-refractivity contribution in [2.24, 2.45) is 0 Å². The van der Waals surface area contributed by atoms with E-state index in [1.54, 1.807) is 16.9 Å². The molecule has 0 aliphatic carbocycles. The lowest BCUT2D eigenvalue weighted by molar-refractivity contribution is 0.619. The topological polar surface area (TPSA) is 41.9 Å². The van der Waals surface area contributed by atoms with Crippen LogP contribution in [-0.4, -0.2) is 14.9 Å². The minimum atomic E-state index is -0.248. The molecule has 0 amide bonds. The van der Waals surface area contributed by atoms with Crippen LogP contribution in [0.2, 0.25) is 0 Å². The lowest BCUT2D eigenvalue weighted by Crippen LogP contribution is -2.19. The molecule has 0 aliphatic heterocycles. The van der Waals surface area contributed by atoms with Crippen molar-refractivity contribution in [1.82, 2.24) is 9.78 Å². The van der Waals surface area contributed by atoms with Gasteiger partial charge in [-0.3, -0.25) is 4.68 Å². The summed E-state index contributed by atoms with van der Waals surface area (Å²) < 4.78 is 15.0. The maximum atomic E-state index is 13.2. The van der Waals surface area contributed by atoms with Crippen molar-refractivity contribution in [1.29, 1.82) is 0 Å². The van der Waals surface area contributed by atoms with Crippen molar-refractivity contribution in [2.75, 3.05) is 10.6 Å². The van der Waals surface area contributed by atoms with Gasteiger partial charge in [0.15, 0.2) is 5.11 Å². The molecule has 0 spiro atoms. The molecule has 0 atom stereocenters. The van der Waals surface area contributed by atoms with Gasteiger partial charge in [0.25, 0.3) is 0 Å². The molecule has 4 nitrogen and oxygen atoms in total. The zero-order valence-electron chi connectivity index (χ0n) is 14.1. The first-order chi connectivity index (χ1) is 12.0. The molecule has 2 N–H and O–H groups in total. The third-order valence-corrected chi connectivity index (χ3v) is 3.97. The molecule has 0 bridgehead atoms. The summed E-state index contributed by atoms with van der Waals surface area (Å²) in [4.78, 5) is 0. The van der Waals surface area contributed by atoms with E-state index in [4.69, 9.17) is 12.2 Å². The second-order valence-electron chi connectivity index (χ2n) is 5.95. The first kappa shape index (κ1) is 17.1. The van der Waals surface area contributed by atoms with E-state index in [2.05, 4.69) is 33.9 Å². The van der Waals surface area contributed by atoms with Crippen LogP contribution in [0.3, 0.4) is 0 Å². The minimum Gasteiger partial charge on any atom is -0.332 e. The smallest absolute Gasteiger partial charge is 0.175 e. The Kier molecular flexibility index (Phi) is 5.09. The summed E-state index contributed by atoms with van der Waals surface area (Å²) in [5.41, 5.74) is 4.89. The average Bonchev–Trinajstić information content (AvgIpc) is 2.97. The zero-order chi connectivity index (χ0) is 17.8. The maximum absolute atomic E-state index is 13.2. The molecule has 0 radical (unpaired) electrons. The van der Waals surface area contributed by atoms with Crippen molar-refractivity contribution in [2.45, 2.75) is 20.4 Å². The summed E-state index contributed by atoms with van der Waals surface area (Å²) in [6.07, 6.45) is 3.53. The molecule has 0 aliphatic rings. The molecule has 128 valence electrons. The number of aromatic nitrogens is 2. The Labute approximate surface area is 151 Å². The molecule has 6 heteroatoms. The van der Waals surface area contributed by atoms with Crippen molar-refractivity contribution >= 4 is 28.7 Å². The van der Waals surface area contributed by atoms with Gasteiger partial charge >= 0.3 is 0 Å². The number of benzene rings is 2. The highest BCUT2D eigenvalue weighted by Gasteiger charge is 2.05. The summed E-state index contributed by atoms with van der Waals surface area (Å²) >= 11 is 5.37. The van der Waals surface area contributed by atoms with Crippen molar-refractivity contribution in [3.05, 3.63) is 77.4 Å². The van der Waals surface area contributed by atoms with Gasteiger partial charge in [0.1, 0.15) is 5.82 Å². The van der Waals surface area contributed by atoms with Crippen LogP contribution < -0.4 is 10.6 Å².